The topological polar surface area (TPSA) is 49.3 Å². The van der Waals surface area contributed by atoms with E-state index in [0.717, 1.165) is 36.0 Å². The van der Waals surface area contributed by atoms with Gasteiger partial charge in [-0.05, 0) is 29.2 Å². The number of hydrogen-bond acceptors (Lipinski definition) is 5. The van der Waals surface area contributed by atoms with Gasteiger partial charge in [-0.25, -0.2) is 0 Å². The van der Waals surface area contributed by atoms with Crippen LogP contribution in [0.15, 0.2) is 60.8 Å². The molecule has 2 aromatic carbocycles. The fourth-order valence-corrected chi connectivity index (χ4v) is 3.46. The summed E-state index contributed by atoms with van der Waals surface area (Å²) in [5.41, 5.74) is 3.29. The average Bonchev–Trinajstić information content (AvgIpc) is 3.17. The summed E-state index contributed by atoms with van der Waals surface area (Å²) in [7, 11) is 0. The lowest BCUT2D eigenvalue weighted by Gasteiger charge is -2.37. The Bertz CT molecular complexity index is 835. The first-order chi connectivity index (χ1) is 11.8. The summed E-state index contributed by atoms with van der Waals surface area (Å²) < 4.78 is 3.80. The molecule has 0 saturated carbocycles. The highest BCUT2D eigenvalue weighted by atomic mass is 32.1. The van der Waals surface area contributed by atoms with Gasteiger partial charge >= 0.3 is 0 Å². The van der Waals surface area contributed by atoms with Gasteiger partial charge in [-0.15, -0.1) is 5.10 Å². The predicted octanol–water partition coefficient (Wildman–Crippen LogP) is 3.21. The molecule has 0 atom stereocenters. The Balaban J connectivity index is 1.64. The number of carbonyl (C=O) groups is 1. The van der Waals surface area contributed by atoms with Gasteiger partial charge in [0.2, 0.25) is 0 Å². The van der Waals surface area contributed by atoms with E-state index in [1.165, 1.54) is 11.8 Å². The molecular weight excluding hydrogens is 320 g/mol. The van der Waals surface area contributed by atoms with Crippen molar-refractivity contribution >= 4 is 28.8 Å². The van der Waals surface area contributed by atoms with Crippen molar-refractivity contribution in [3.63, 3.8) is 0 Å². The summed E-state index contributed by atoms with van der Waals surface area (Å²) in [4.78, 5) is 17.4. The Hall–Kier alpha value is -2.73. The maximum absolute atomic E-state index is 12.7. The average molecular weight is 336 g/mol. The van der Waals surface area contributed by atoms with Gasteiger partial charge in [-0.1, -0.05) is 47.0 Å². The molecule has 1 aliphatic rings. The molecule has 0 fully saturated rings. The monoisotopic (exact) mass is 336 g/mol. The van der Waals surface area contributed by atoms with E-state index in [9.17, 15) is 4.79 Å². The second-order valence-corrected chi connectivity index (χ2v) is 6.42. The van der Waals surface area contributed by atoms with Crippen molar-refractivity contribution in [2.75, 3.05) is 22.9 Å². The van der Waals surface area contributed by atoms with Crippen molar-refractivity contribution in [2.45, 2.75) is 6.54 Å². The molecule has 24 heavy (non-hydrogen) atoms. The first-order valence-corrected chi connectivity index (χ1v) is 8.57. The number of para-hydroxylation sites is 2. The summed E-state index contributed by atoms with van der Waals surface area (Å²) in [5, 5.41) is 3.78. The smallest absolute Gasteiger partial charge is 0.271 e. The van der Waals surface area contributed by atoms with Crippen molar-refractivity contribution in [1.29, 1.82) is 0 Å². The molecule has 1 aliphatic heterocycles. The van der Waals surface area contributed by atoms with Crippen LogP contribution in [-0.2, 0) is 6.54 Å². The Morgan fingerprint density at radius 1 is 1.00 bits per heavy atom. The number of anilines is 2. The minimum atomic E-state index is -0.0307. The first kappa shape index (κ1) is 14.8. The molecule has 120 valence electrons. The van der Waals surface area contributed by atoms with E-state index in [1.807, 2.05) is 29.2 Å². The number of nitrogens with zero attached hydrogens (tertiary/aromatic N) is 4. The van der Waals surface area contributed by atoms with Crippen LogP contribution in [-0.4, -0.2) is 28.6 Å². The molecule has 0 saturated heterocycles. The molecule has 1 aromatic heterocycles. The van der Waals surface area contributed by atoms with Crippen LogP contribution >= 0.6 is 11.5 Å². The summed E-state index contributed by atoms with van der Waals surface area (Å²) in [6, 6.07) is 18.4. The quantitative estimate of drug-likeness (QED) is 0.737. The molecule has 0 spiro atoms. The fraction of sp³-hybridized carbons (Fsp3) is 0.167. The van der Waals surface area contributed by atoms with Gasteiger partial charge in [0, 0.05) is 19.6 Å². The lowest BCUT2D eigenvalue weighted by molar-refractivity contribution is 0.0990. The van der Waals surface area contributed by atoms with Crippen LogP contribution in [0.3, 0.4) is 0 Å². The van der Waals surface area contributed by atoms with Crippen LogP contribution in [0, 0.1) is 0 Å². The molecule has 0 bridgehead atoms. The third kappa shape index (κ3) is 2.76. The van der Waals surface area contributed by atoms with E-state index < -0.39 is 0 Å². The lowest BCUT2D eigenvalue weighted by atomic mass is 10.1. The number of aromatic nitrogens is 2. The van der Waals surface area contributed by atoms with Crippen molar-refractivity contribution in [1.82, 2.24) is 9.59 Å². The number of hydrogen-bond donors (Lipinski definition) is 0. The summed E-state index contributed by atoms with van der Waals surface area (Å²) in [6.45, 7) is 2.28. The summed E-state index contributed by atoms with van der Waals surface area (Å²) >= 11 is 1.14. The Morgan fingerprint density at radius 2 is 1.75 bits per heavy atom. The normalized spacial score (nSPS) is 13.7. The largest absolute Gasteiger partial charge is 0.364 e. The highest BCUT2D eigenvalue weighted by Gasteiger charge is 2.28. The van der Waals surface area contributed by atoms with E-state index >= 15 is 0 Å². The maximum Gasteiger partial charge on any atom is 0.271 e. The molecule has 4 rings (SSSR count). The minimum Gasteiger partial charge on any atom is -0.364 e. The predicted molar refractivity (Wildman–Crippen MR) is 95.5 cm³/mol. The van der Waals surface area contributed by atoms with Gasteiger partial charge in [0.25, 0.3) is 5.91 Å². The van der Waals surface area contributed by atoms with Crippen LogP contribution in [0.25, 0.3) is 0 Å². The lowest BCUT2D eigenvalue weighted by Crippen LogP contribution is -2.43. The summed E-state index contributed by atoms with van der Waals surface area (Å²) in [5.74, 6) is -0.0307. The van der Waals surface area contributed by atoms with Crippen LogP contribution < -0.4 is 9.80 Å². The molecule has 1 amide bonds. The molecule has 0 aliphatic carbocycles. The van der Waals surface area contributed by atoms with E-state index in [0.29, 0.717) is 11.4 Å². The van der Waals surface area contributed by atoms with Crippen LogP contribution in [0.4, 0.5) is 11.4 Å². The van der Waals surface area contributed by atoms with Crippen LogP contribution in [0.2, 0.25) is 0 Å². The molecular formula is C18H16N4OS. The van der Waals surface area contributed by atoms with Gasteiger partial charge in [0.1, 0.15) is 4.88 Å². The van der Waals surface area contributed by atoms with Gasteiger partial charge in [0.15, 0.2) is 0 Å². The fourth-order valence-electron chi connectivity index (χ4n) is 2.99. The highest BCUT2D eigenvalue weighted by Crippen LogP contribution is 2.34. The van der Waals surface area contributed by atoms with Crippen molar-refractivity contribution in [3.8, 4) is 0 Å². The zero-order valence-corrected chi connectivity index (χ0v) is 13.8. The minimum absolute atomic E-state index is 0.0307. The number of rotatable bonds is 3. The molecule has 0 radical (unpaired) electrons. The van der Waals surface area contributed by atoms with Crippen LogP contribution in [0.1, 0.15) is 15.2 Å². The standard InChI is InChI=1S/C18H16N4OS/c23-18(17-12-19-20-24-17)22-11-10-21(13-14-6-2-1-3-7-14)15-8-4-5-9-16(15)22/h1-9,12H,10-11,13H2. The maximum atomic E-state index is 12.7. The Labute approximate surface area is 144 Å². The summed E-state index contributed by atoms with van der Waals surface area (Å²) in [6.07, 6.45) is 1.53. The van der Waals surface area contributed by atoms with Crippen molar-refractivity contribution < 1.29 is 4.79 Å². The molecule has 0 N–H and O–H groups in total. The van der Waals surface area contributed by atoms with E-state index in [-0.39, 0.29) is 5.91 Å². The van der Waals surface area contributed by atoms with E-state index in [2.05, 4.69) is 44.8 Å². The number of amides is 1. The van der Waals surface area contributed by atoms with Gasteiger partial charge in [-0.2, -0.15) is 0 Å². The molecule has 3 aromatic rings. The Kier molecular flexibility index (Phi) is 3.96. The third-order valence-electron chi connectivity index (χ3n) is 4.14. The van der Waals surface area contributed by atoms with Gasteiger partial charge in [0.05, 0.1) is 17.6 Å². The molecule has 2 heterocycles. The Morgan fingerprint density at radius 3 is 2.50 bits per heavy atom. The SMILES string of the molecule is O=C(c1cnns1)N1CCN(Cc2ccccc2)c2ccccc21. The molecule has 5 nitrogen and oxygen atoms in total. The van der Waals surface area contributed by atoms with Gasteiger partial charge in [-0.3, -0.25) is 4.79 Å². The van der Waals surface area contributed by atoms with E-state index in [1.54, 1.807) is 0 Å². The van der Waals surface area contributed by atoms with E-state index in [4.69, 9.17) is 0 Å². The van der Waals surface area contributed by atoms with Crippen molar-refractivity contribution in [2.24, 2.45) is 0 Å². The number of fused-ring (bicyclic) bond motifs is 1. The number of benzene rings is 2. The van der Waals surface area contributed by atoms with Crippen LogP contribution in [0.5, 0.6) is 0 Å². The molecule has 0 unspecified atom stereocenters. The third-order valence-corrected chi connectivity index (χ3v) is 4.79. The second kappa shape index (κ2) is 6.41. The van der Waals surface area contributed by atoms with Gasteiger partial charge < -0.3 is 9.80 Å². The first-order valence-electron chi connectivity index (χ1n) is 7.80. The molecule has 6 heteroatoms. The zero-order valence-electron chi connectivity index (χ0n) is 13.0. The second-order valence-electron chi connectivity index (χ2n) is 5.63. The van der Waals surface area contributed by atoms with Crippen molar-refractivity contribution in [3.05, 3.63) is 71.2 Å². The number of carbonyl (C=O) groups excluding carboxylic acids is 1. The highest BCUT2D eigenvalue weighted by molar-refractivity contribution is 7.07. The zero-order chi connectivity index (χ0) is 16.4.